The monoisotopic (exact) mass is 287 g/mol. The van der Waals surface area contributed by atoms with Gasteiger partial charge in [0.2, 0.25) is 0 Å². The highest BCUT2D eigenvalue weighted by molar-refractivity contribution is 5.75. The van der Waals surface area contributed by atoms with Gasteiger partial charge in [-0.15, -0.1) is 0 Å². The van der Waals surface area contributed by atoms with Crippen LogP contribution in [0, 0.1) is 11.6 Å². The summed E-state index contributed by atoms with van der Waals surface area (Å²) < 4.78 is 26.1. The lowest BCUT2D eigenvalue weighted by Crippen LogP contribution is -2.35. The lowest BCUT2D eigenvalue weighted by Gasteiger charge is -2.27. The van der Waals surface area contributed by atoms with Crippen LogP contribution in [0.25, 0.3) is 0 Å². The predicted octanol–water partition coefficient (Wildman–Crippen LogP) is 1.89. The first-order valence-electron chi connectivity index (χ1n) is 6.00. The molecule has 7 heteroatoms. The number of hydrogen-bond acceptors (Lipinski definition) is 3. The second kappa shape index (κ2) is 6.95. The quantitative estimate of drug-likeness (QED) is 0.800. The first-order chi connectivity index (χ1) is 9.36. The van der Waals surface area contributed by atoms with Crippen LogP contribution in [0.5, 0.6) is 0 Å². The smallest absolute Gasteiger partial charge is 0.325 e. The van der Waals surface area contributed by atoms with Gasteiger partial charge in [-0.1, -0.05) is 13.0 Å². The second-order valence-corrected chi connectivity index (χ2v) is 4.19. The van der Waals surface area contributed by atoms with Gasteiger partial charge in [-0.3, -0.25) is 14.5 Å². The Morgan fingerprint density at radius 1 is 1.25 bits per heavy atom. The number of carboxylic acid groups (broad SMARTS) is 2. The average Bonchev–Trinajstić information content (AvgIpc) is 2.37. The van der Waals surface area contributed by atoms with Crippen LogP contribution in [0.15, 0.2) is 18.2 Å². The van der Waals surface area contributed by atoms with Crippen molar-refractivity contribution in [2.24, 2.45) is 0 Å². The number of rotatable bonds is 7. The number of nitrogens with zero attached hydrogens (tertiary/aromatic N) is 1. The minimum atomic E-state index is -1.25. The third-order valence-electron chi connectivity index (χ3n) is 2.88. The molecule has 2 N–H and O–H groups in total. The highest BCUT2D eigenvalue weighted by atomic mass is 19.2. The second-order valence-electron chi connectivity index (χ2n) is 4.19. The fraction of sp³-hybridized carbons (Fsp3) is 0.385. The van der Waals surface area contributed by atoms with E-state index < -0.39 is 29.6 Å². The summed E-state index contributed by atoms with van der Waals surface area (Å²) in [6.45, 7) is 1.93. The van der Waals surface area contributed by atoms with Crippen LogP contribution in [-0.4, -0.2) is 40.1 Å². The van der Waals surface area contributed by atoms with Crippen LogP contribution in [0.4, 0.5) is 8.78 Å². The SMILES string of the molecule is CCN(CCC(=O)O)C(C(=O)O)c1ccc(F)c(F)c1. The number of carboxylic acids is 2. The zero-order valence-electron chi connectivity index (χ0n) is 10.8. The molecule has 0 aromatic heterocycles. The Morgan fingerprint density at radius 2 is 1.90 bits per heavy atom. The number of aliphatic carboxylic acids is 2. The number of benzene rings is 1. The highest BCUT2D eigenvalue weighted by Gasteiger charge is 2.27. The summed E-state index contributed by atoms with van der Waals surface area (Å²) in [6, 6.07) is 1.64. The van der Waals surface area contributed by atoms with Gasteiger partial charge in [-0.05, 0) is 24.2 Å². The van der Waals surface area contributed by atoms with Gasteiger partial charge in [0.15, 0.2) is 11.6 Å². The molecule has 1 atom stereocenters. The lowest BCUT2D eigenvalue weighted by molar-refractivity contribution is -0.145. The van der Waals surface area contributed by atoms with E-state index in [0.29, 0.717) is 0 Å². The Bertz CT molecular complexity index is 507. The van der Waals surface area contributed by atoms with Crippen molar-refractivity contribution >= 4 is 11.9 Å². The summed E-state index contributed by atoms with van der Waals surface area (Å²) in [5, 5.41) is 17.9. The standard InChI is InChI=1S/C13H15F2NO4/c1-2-16(6-5-11(17)18)12(13(19)20)8-3-4-9(14)10(15)7-8/h3-4,7,12H,2,5-6H2,1H3,(H,17,18)(H,19,20). The summed E-state index contributed by atoms with van der Waals surface area (Å²) in [5.41, 5.74) is 0.0728. The molecule has 0 saturated heterocycles. The molecule has 1 unspecified atom stereocenters. The average molecular weight is 287 g/mol. The molecule has 110 valence electrons. The molecule has 0 spiro atoms. The van der Waals surface area contributed by atoms with Gasteiger partial charge in [-0.2, -0.15) is 0 Å². The van der Waals surface area contributed by atoms with Gasteiger partial charge < -0.3 is 10.2 Å². The summed E-state index contributed by atoms with van der Waals surface area (Å²) >= 11 is 0. The van der Waals surface area contributed by atoms with Crippen LogP contribution in [-0.2, 0) is 9.59 Å². The summed E-state index contributed by atoms with van der Waals surface area (Å²) in [7, 11) is 0. The predicted molar refractivity (Wildman–Crippen MR) is 66.2 cm³/mol. The van der Waals surface area contributed by atoms with Crippen molar-refractivity contribution in [1.82, 2.24) is 4.90 Å². The van der Waals surface area contributed by atoms with Crippen molar-refractivity contribution < 1.29 is 28.6 Å². The Labute approximate surface area is 114 Å². The van der Waals surface area contributed by atoms with E-state index in [4.69, 9.17) is 5.11 Å². The minimum Gasteiger partial charge on any atom is -0.481 e. The van der Waals surface area contributed by atoms with Crippen LogP contribution in [0.3, 0.4) is 0 Å². The van der Waals surface area contributed by atoms with Gasteiger partial charge >= 0.3 is 11.9 Å². The molecule has 1 rings (SSSR count). The lowest BCUT2D eigenvalue weighted by atomic mass is 10.0. The third-order valence-corrected chi connectivity index (χ3v) is 2.88. The van der Waals surface area contributed by atoms with Crippen LogP contribution >= 0.6 is 0 Å². The van der Waals surface area contributed by atoms with Gasteiger partial charge in [-0.25, -0.2) is 8.78 Å². The normalized spacial score (nSPS) is 12.4. The van der Waals surface area contributed by atoms with Crippen molar-refractivity contribution in [3.8, 4) is 0 Å². The molecule has 0 heterocycles. The summed E-state index contributed by atoms with van der Waals surface area (Å²) in [4.78, 5) is 23.3. The van der Waals surface area contributed by atoms with Crippen LogP contribution in [0.1, 0.15) is 24.9 Å². The molecule has 0 saturated carbocycles. The van der Waals surface area contributed by atoms with E-state index in [1.807, 2.05) is 0 Å². The molecular formula is C13H15F2NO4. The van der Waals surface area contributed by atoms with Gasteiger partial charge in [0, 0.05) is 6.54 Å². The van der Waals surface area contributed by atoms with Crippen LogP contribution in [0.2, 0.25) is 0 Å². The number of halogens is 2. The molecular weight excluding hydrogens is 272 g/mol. The highest BCUT2D eigenvalue weighted by Crippen LogP contribution is 2.23. The van der Waals surface area contributed by atoms with Gasteiger partial charge in [0.05, 0.1) is 6.42 Å². The topological polar surface area (TPSA) is 77.8 Å². The Morgan fingerprint density at radius 3 is 2.35 bits per heavy atom. The maximum Gasteiger partial charge on any atom is 0.325 e. The molecule has 0 aliphatic carbocycles. The van der Waals surface area contributed by atoms with E-state index in [1.165, 1.54) is 11.0 Å². The van der Waals surface area contributed by atoms with E-state index in [0.717, 1.165) is 12.1 Å². The molecule has 0 bridgehead atoms. The largest absolute Gasteiger partial charge is 0.481 e. The molecule has 0 amide bonds. The maximum absolute atomic E-state index is 13.2. The summed E-state index contributed by atoms with van der Waals surface area (Å²) in [5.74, 6) is -4.50. The van der Waals surface area contributed by atoms with Crippen molar-refractivity contribution in [1.29, 1.82) is 0 Å². The van der Waals surface area contributed by atoms with Crippen molar-refractivity contribution in [2.75, 3.05) is 13.1 Å². The first kappa shape index (κ1) is 16.0. The zero-order valence-corrected chi connectivity index (χ0v) is 10.8. The number of likely N-dealkylation sites (N-methyl/N-ethyl adjacent to an activating group) is 1. The zero-order chi connectivity index (χ0) is 15.3. The van der Waals surface area contributed by atoms with Crippen molar-refractivity contribution in [3.63, 3.8) is 0 Å². The minimum absolute atomic E-state index is 0.00178. The van der Waals surface area contributed by atoms with E-state index >= 15 is 0 Å². The molecule has 0 aliphatic heterocycles. The van der Waals surface area contributed by atoms with E-state index in [9.17, 15) is 23.5 Å². The fourth-order valence-corrected chi connectivity index (χ4v) is 1.90. The van der Waals surface area contributed by atoms with Crippen molar-refractivity contribution in [3.05, 3.63) is 35.4 Å². The third kappa shape index (κ3) is 3.99. The maximum atomic E-state index is 13.2. The molecule has 20 heavy (non-hydrogen) atoms. The Hall–Kier alpha value is -2.02. The molecule has 0 fully saturated rings. The fourth-order valence-electron chi connectivity index (χ4n) is 1.90. The molecule has 0 radical (unpaired) electrons. The van der Waals surface area contributed by atoms with E-state index in [-0.39, 0.29) is 25.1 Å². The van der Waals surface area contributed by atoms with Gasteiger partial charge in [0.25, 0.3) is 0 Å². The first-order valence-corrected chi connectivity index (χ1v) is 6.00. The summed E-state index contributed by atoms with van der Waals surface area (Å²) in [6.07, 6.45) is -0.235. The Kier molecular flexibility index (Phi) is 5.57. The molecule has 1 aromatic rings. The van der Waals surface area contributed by atoms with E-state index in [2.05, 4.69) is 0 Å². The number of carbonyl (C=O) groups is 2. The van der Waals surface area contributed by atoms with Crippen molar-refractivity contribution in [2.45, 2.75) is 19.4 Å². The van der Waals surface area contributed by atoms with E-state index in [1.54, 1.807) is 6.92 Å². The number of hydrogen-bond donors (Lipinski definition) is 2. The molecule has 5 nitrogen and oxygen atoms in total. The molecule has 0 aliphatic rings. The molecule has 1 aromatic carbocycles. The van der Waals surface area contributed by atoms with Gasteiger partial charge in [0.1, 0.15) is 6.04 Å². The Balaban J connectivity index is 3.04. The van der Waals surface area contributed by atoms with Crippen LogP contribution < -0.4 is 0 Å².